The van der Waals surface area contributed by atoms with Crippen molar-refractivity contribution in [3.05, 3.63) is 0 Å². The van der Waals surface area contributed by atoms with E-state index in [0.29, 0.717) is 12.0 Å². The van der Waals surface area contributed by atoms with E-state index in [0.717, 1.165) is 25.5 Å². The zero-order valence-corrected chi connectivity index (χ0v) is 8.59. The van der Waals surface area contributed by atoms with E-state index < -0.39 is 0 Å². The van der Waals surface area contributed by atoms with Crippen LogP contribution >= 0.6 is 0 Å². The second-order valence-corrected chi connectivity index (χ2v) is 3.94. The Hall–Kier alpha value is -1.17. The minimum Gasteiger partial charge on any atom is -0.337 e. The molecular formula is C8H16N6. The van der Waals surface area contributed by atoms with Crippen molar-refractivity contribution < 1.29 is 0 Å². The molecule has 0 spiro atoms. The smallest absolute Gasteiger partial charge is 0.245 e. The average molecular weight is 196 g/mol. The highest BCUT2D eigenvalue weighted by atomic mass is 15.6. The SMILES string of the molecule is CC1CC(CN)CN1c1nnnn1C. The van der Waals surface area contributed by atoms with Crippen LogP contribution in [0.3, 0.4) is 0 Å². The van der Waals surface area contributed by atoms with E-state index in [1.54, 1.807) is 4.68 Å². The van der Waals surface area contributed by atoms with Gasteiger partial charge in [-0.25, -0.2) is 4.68 Å². The lowest BCUT2D eigenvalue weighted by atomic mass is 10.1. The fourth-order valence-corrected chi connectivity index (χ4v) is 2.06. The molecule has 0 radical (unpaired) electrons. The van der Waals surface area contributed by atoms with Crippen LogP contribution in [0.1, 0.15) is 13.3 Å². The third-order valence-electron chi connectivity index (χ3n) is 2.85. The molecule has 0 aromatic carbocycles. The first-order valence-corrected chi connectivity index (χ1v) is 4.91. The Morgan fingerprint density at radius 3 is 2.86 bits per heavy atom. The van der Waals surface area contributed by atoms with Crippen molar-refractivity contribution in [1.82, 2.24) is 20.2 Å². The first-order valence-electron chi connectivity index (χ1n) is 4.91. The minimum absolute atomic E-state index is 0.480. The van der Waals surface area contributed by atoms with Gasteiger partial charge in [-0.3, -0.25) is 0 Å². The van der Waals surface area contributed by atoms with Crippen LogP contribution in [0.15, 0.2) is 0 Å². The van der Waals surface area contributed by atoms with Gasteiger partial charge in [0.15, 0.2) is 0 Å². The number of hydrogen-bond donors (Lipinski definition) is 1. The Morgan fingerprint density at radius 1 is 1.57 bits per heavy atom. The number of aromatic nitrogens is 4. The van der Waals surface area contributed by atoms with Gasteiger partial charge in [0.05, 0.1) is 0 Å². The van der Waals surface area contributed by atoms with Crippen LogP contribution in [0.4, 0.5) is 5.95 Å². The predicted octanol–water partition coefficient (Wildman–Crippen LogP) is -0.616. The van der Waals surface area contributed by atoms with E-state index in [1.165, 1.54) is 0 Å². The lowest BCUT2D eigenvalue weighted by Gasteiger charge is -2.20. The number of nitrogens with zero attached hydrogens (tertiary/aromatic N) is 5. The molecule has 2 unspecified atom stereocenters. The normalized spacial score (nSPS) is 27.2. The second kappa shape index (κ2) is 3.53. The molecule has 0 aliphatic carbocycles. The summed E-state index contributed by atoms with van der Waals surface area (Å²) in [6.07, 6.45) is 1.13. The summed E-state index contributed by atoms with van der Waals surface area (Å²) < 4.78 is 1.70. The number of tetrazole rings is 1. The summed E-state index contributed by atoms with van der Waals surface area (Å²) >= 11 is 0. The summed E-state index contributed by atoms with van der Waals surface area (Å²) in [6, 6.07) is 0.480. The fraction of sp³-hybridized carbons (Fsp3) is 0.875. The van der Waals surface area contributed by atoms with Gasteiger partial charge in [0.1, 0.15) is 0 Å². The molecule has 1 aromatic rings. The molecule has 14 heavy (non-hydrogen) atoms. The summed E-state index contributed by atoms with van der Waals surface area (Å²) in [6.45, 7) is 3.89. The van der Waals surface area contributed by atoms with Gasteiger partial charge in [0.2, 0.25) is 5.95 Å². The maximum atomic E-state index is 5.66. The van der Waals surface area contributed by atoms with Gasteiger partial charge < -0.3 is 10.6 Å². The van der Waals surface area contributed by atoms with E-state index in [4.69, 9.17) is 5.73 Å². The van der Waals surface area contributed by atoms with E-state index in [-0.39, 0.29) is 0 Å². The number of anilines is 1. The monoisotopic (exact) mass is 196 g/mol. The number of rotatable bonds is 2. The van der Waals surface area contributed by atoms with Crippen LogP contribution in [-0.4, -0.2) is 39.3 Å². The van der Waals surface area contributed by atoms with Crippen LogP contribution in [0.2, 0.25) is 0 Å². The Balaban J connectivity index is 2.16. The zero-order valence-electron chi connectivity index (χ0n) is 8.59. The number of aryl methyl sites for hydroxylation is 1. The first kappa shape index (κ1) is 9.39. The highest BCUT2D eigenvalue weighted by Crippen LogP contribution is 2.25. The van der Waals surface area contributed by atoms with Gasteiger partial charge in [-0.15, -0.1) is 0 Å². The van der Waals surface area contributed by atoms with E-state index in [9.17, 15) is 0 Å². The van der Waals surface area contributed by atoms with Crippen LogP contribution in [0, 0.1) is 5.92 Å². The lowest BCUT2D eigenvalue weighted by Crippen LogP contribution is -2.30. The molecule has 6 heteroatoms. The van der Waals surface area contributed by atoms with Crippen molar-refractivity contribution in [2.75, 3.05) is 18.0 Å². The van der Waals surface area contributed by atoms with Gasteiger partial charge >= 0.3 is 0 Å². The molecule has 1 fully saturated rings. The molecule has 1 aliphatic rings. The molecule has 1 saturated heterocycles. The highest BCUT2D eigenvalue weighted by Gasteiger charge is 2.30. The topological polar surface area (TPSA) is 72.9 Å². The number of hydrogen-bond acceptors (Lipinski definition) is 5. The quantitative estimate of drug-likeness (QED) is 0.682. The summed E-state index contributed by atoms with van der Waals surface area (Å²) in [5.41, 5.74) is 5.66. The van der Waals surface area contributed by atoms with Crippen molar-refractivity contribution in [1.29, 1.82) is 0 Å². The summed E-state index contributed by atoms with van der Waals surface area (Å²) in [5, 5.41) is 11.5. The summed E-state index contributed by atoms with van der Waals surface area (Å²) in [5.74, 6) is 1.41. The second-order valence-electron chi connectivity index (χ2n) is 3.94. The molecular weight excluding hydrogens is 180 g/mol. The third kappa shape index (κ3) is 1.45. The highest BCUT2D eigenvalue weighted by molar-refractivity contribution is 5.32. The fourth-order valence-electron chi connectivity index (χ4n) is 2.06. The maximum Gasteiger partial charge on any atom is 0.245 e. The molecule has 6 nitrogen and oxygen atoms in total. The Kier molecular flexibility index (Phi) is 2.37. The third-order valence-corrected chi connectivity index (χ3v) is 2.85. The molecule has 1 aliphatic heterocycles. The van der Waals surface area contributed by atoms with E-state index >= 15 is 0 Å². The molecule has 0 bridgehead atoms. The Bertz CT molecular complexity index is 309. The van der Waals surface area contributed by atoms with Crippen molar-refractivity contribution >= 4 is 5.95 Å². The van der Waals surface area contributed by atoms with Crippen LogP contribution in [0.5, 0.6) is 0 Å². The Morgan fingerprint density at radius 2 is 2.36 bits per heavy atom. The van der Waals surface area contributed by atoms with Crippen LogP contribution < -0.4 is 10.6 Å². The zero-order chi connectivity index (χ0) is 10.1. The molecule has 2 N–H and O–H groups in total. The molecule has 2 heterocycles. The predicted molar refractivity (Wildman–Crippen MR) is 52.8 cm³/mol. The lowest BCUT2D eigenvalue weighted by molar-refractivity contribution is 0.579. The van der Waals surface area contributed by atoms with Crippen molar-refractivity contribution in [3.8, 4) is 0 Å². The largest absolute Gasteiger partial charge is 0.337 e. The average Bonchev–Trinajstić information content (AvgIpc) is 2.72. The van der Waals surface area contributed by atoms with Crippen LogP contribution in [-0.2, 0) is 7.05 Å². The number of nitrogens with two attached hydrogens (primary N) is 1. The molecule has 0 amide bonds. The van der Waals surface area contributed by atoms with Gasteiger partial charge in [-0.2, -0.15) is 0 Å². The maximum absolute atomic E-state index is 5.66. The standard InChI is InChI=1S/C8H16N6/c1-6-3-7(4-9)5-14(6)8-10-11-12-13(8)2/h6-7H,3-5,9H2,1-2H3. The molecule has 1 aromatic heterocycles. The van der Waals surface area contributed by atoms with Gasteiger partial charge in [-0.1, -0.05) is 5.10 Å². The first-order chi connectivity index (χ1) is 6.72. The van der Waals surface area contributed by atoms with E-state index in [2.05, 4.69) is 27.3 Å². The minimum atomic E-state index is 0.480. The van der Waals surface area contributed by atoms with E-state index in [1.807, 2.05) is 7.05 Å². The summed E-state index contributed by atoms with van der Waals surface area (Å²) in [4.78, 5) is 2.22. The Labute approximate surface area is 83.1 Å². The van der Waals surface area contributed by atoms with Crippen molar-refractivity contribution in [2.24, 2.45) is 18.7 Å². The van der Waals surface area contributed by atoms with Gasteiger partial charge in [0, 0.05) is 19.6 Å². The summed E-state index contributed by atoms with van der Waals surface area (Å²) in [7, 11) is 1.86. The molecule has 78 valence electrons. The molecule has 0 saturated carbocycles. The van der Waals surface area contributed by atoms with Gasteiger partial charge in [0.25, 0.3) is 0 Å². The molecule has 2 atom stereocenters. The van der Waals surface area contributed by atoms with Crippen molar-refractivity contribution in [2.45, 2.75) is 19.4 Å². The molecule has 2 rings (SSSR count). The van der Waals surface area contributed by atoms with Gasteiger partial charge in [-0.05, 0) is 36.2 Å². The van der Waals surface area contributed by atoms with Crippen LogP contribution in [0.25, 0.3) is 0 Å². The van der Waals surface area contributed by atoms with Crippen molar-refractivity contribution in [3.63, 3.8) is 0 Å².